The van der Waals surface area contributed by atoms with Crippen molar-refractivity contribution in [2.75, 3.05) is 0 Å². The van der Waals surface area contributed by atoms with Gasteiger partial charge in [0.2, 0.25) is 0 Å². The van der Waals surface area contributed by atoms with Gasteiger partial charge in [-0.2, -0.15) is 0 Å². The molecule has 0 fully saturated rings. The van der Waals surface area contributed by atoms with E-state index in [1.54, 1.807) is 0 Å². The van der Waals surface area contributed by atoms with Gasteiger partial charge in [0.1, 0.15) is 0 Å². The molecule has 78 valence electrons. The van der Waals surface area contributed by atoms with Crippen LogP contribution in [0, 0.1) is 6.92 Å². The molecular formula is C13H16N2. The van der Waals surface area contributed by atoms with Gasteiger partial charge in [0.15, 0.2) is 0 Å². The lowest BCUT2D eigenvalue weighted by Gasteiger charge is -2.16. The molecule has 1 aromatic carbocycles. The Hall–Kier alpha value is -1.28. The number of benzene rings is 1. The summed E-state index contributed by atoms with van der Waals surface area (Å²) in [6.45, 7) is 4.00. The van der Waals surface area contributed by atoms with E-state index in [9.17, 15) is 0 Å². The van der Waals surface area contributed by atoms with Gasteiger partial charge in [0.25, 0.3) is 0 Å². The zero-order valence-electron chi connectivity index (χ0n) is 9.09. The van der Waals surface area contributed by atoms with Crippen LogP contribution in [0.2, 0.25) is 0 Å². The van der Waals surface area contributed by atoms with E-state index in [0.29, 0.717) is 6.54 Å². The third-order valence-corrected chi connectivity index (χ3v) is 3.59. The second kappa shape index (κ2) is 3.11. The Balaban J connectivity index is 2.48. The summed E-state index contributed by atoms with van der Waals surface area (Å²) in [6.07, 6.45) is 2.47. The SMILES string of the molecule is Cc1c(CN)c2cccc3c2n1CCC3. The fourth-order valence-corrected chi connectivity index (χ4v) is 2.85. The minimum absolute atomic E-state index is 0.652. The lowest BCUT2D eigenvalue weighted by atomic mass is 10.0. The Bertz CT molecular complexity index is 523. The molecule has 2 heteroatoms. The Morgan fingerprint density at radius 2 is 2.27 bits per heavy atom. The maximum atomic E-state index is 5.84. The molecule has 15 heavy (non-hydrogen) atoms. The molecule has 1 aliphatic heterocycles. The molecule has 3 rings (SSSR count). The van der Waals surface area contributed by atoms with Crippen LogP contribution in [0.1, 0.15) is 23.2 Å². The largest absolute Gasteiger partial charge is 0.344 e. The summed E-state index contributed by atoms with van der Waals surface area (Å²) in [5.41, 5.74) is 11.4. The van der Waals surface area contributed by atoms with Crippen molar-refractivity contribution in [2.45, 2.75) is 32.9 Å². The summed E-state index contributed by atoms with van der Waals surface area (Å²) >= 11 is 0. The van der Waals surface area contributed by atoms with Gasteiger partial charge in [0.05, 0.1) is 5.52 Å². The molecule has 2 heterocycles. The van der Waals surface area contributed by atoms with E-state index < -0.39 is 0 Å². The summed E-state index contributed by atoms with van der Waals surface area (Å²) in [5.74, 6) is 0. The monoisotopic (exact) mass is 200 g/mol. The van der Waals surface area contributed by atoms with Gasteiger partial charge in [-0.15, -0.1) is 0 Å². The van der Waals surface area contributed by atoms with Gasteiger partial charge in [-0.1, -0.05) is 18.2 Å². The molecule has 1 aromatic heterocycles. The van der Waals surface area contributed by atoms with E-state index in [0.717, 1.165) is 6.54 Å². The van der Waals surface area contributed by atoms with Crippen molar-refractivity contribution in [2.24, 2.45) is 5.73 Å². The fourth-order valence-electron chi connectivity index (χ4n) is 2.85. The molecule has 0 saturated heterocycles. The Labute approximate surface area is 89.7 Å². The van der Waals surface area contributed by atoms with Crippen molar-refractivity contribution in [3.05, 3.63) is 35.0 Å². The Kier molecular flexibility index (Phi) is 1.86. The minimum atomic E-state index is 0.652. The number of rotatable bonds is 1. The summed E-state index contributed by atoms with van der Waals surface area (Å²) in [7, 11) is 0. The summed E-state index contributed by atoms with van der Waals surface area (Å²) in [5, 5.41) is 1.37. The predicted octanol–water partition coefficient (Wildman–Crippen LogP) is 2.35. The number of aromatic nitrogens is 1. The highest BCUT2D eigenvalue weighted by Gasteiger charge is 2.18. The van der Waals surface area contributed by atoms with Gasteiger partial charge in [-0.05, 0) is 30.9 Å². The molecular weight excluding hydrogens is 184 g/mol. The highest BCUT2D eigenvalue weighted by molar-refractivity contribution is 5.88. The van der Waals surface area contributed by atoms with Gasteiger partial charge in [0, 0.05) is 24.2 Å². The van der Waals surface area contributed by atoms with Crippen LogP contribution in [0.25, 0.3) is 10.9 Å². The average molecular weight is 200 g/mol. The van der Waals surface area contributed by atoms with Crippen LogP contribution in [0.15, 0.2) is 18.2 Å². The molecule has 2 nitrogen and oxygen atoms in total. The van der Waals surface area contributed by atoms with E-state index in [1.165, 1.54) is 40.6 Å². The van der Waals surface area contributed by atoms with E-state index in [4.69, 9.17) is 5.73 Å². The van der Waals surface area contributed by atoms with Crippen LogP contribution in [-0.4, -0.2) is 4.57 Å². The lowest BCUT2D eigenvalue weighted by Crippen LogP contribution is -2.08. The first-order valence-corrected chi connectivity index (χ1v) is 5.62. The normalized spacial score (nSPS) is 14.8. The molecule has 0 atom stereocenters. The zero-order valence-corrected chi connectivity index (χ0v) is 9.09. The van der Waals surface area contributed by atoms with Gasteiger partial charge in [-0.25, -0.2) is 0 Å². The van der Waals surface area contributed by atoms with E-state index in [-0.39, 0.29) is 0 Å². The highest BCUT2D eigenvalue weighted by Crippen LogP contribution is 2.31. The zero-order chi connectivity index (χ0) is 10.4. The number of nitrogens with two attached hydrogens (primary N) is 1. The second-order valence-corrected chi connectivity index (χ2v) is 4.34. The topological polar surface area (TPSA) is 30.9 Å². The van der Waals surface area contributed by atoms with Crippen LogP contribution in [0.3, 0.4) is 0 Å². The van der Waals surface area contributed by atoms with Crippen LogP contribution >= 0.6 is 0 Å². The molecule has 0 bridgehead atoms. The van der Waals surface area contributed by atoms with Crippen LogP contribution in [0.4, 0.5) is 0 Å². The van der Waals surface area contributed by atoms with E-state index in [2.05, 4.69) is 29.7 Å². The predicted molar refractivity (Wildman–Crippen MR) is 62.9 cm³/mol. The minimum Gasteiger partial charge on any atom is -0.344 e. The van der Waals surface area contributed by atoms with E-state index in [1.807, 2.05) is 0 Å². The third kappa shape index (κ3) is 1.08. The van der Waals surface area contributed by atoms with Crippen molar-refractivity contribution in [3.8, 4) is 0 Å². The van der Waals surface area contributed by atoms with Crippen LogP contribution in [0.5, 0.6) is 0 Å². The smallest absolute Gasteiger partial charge is 0.0518 e. The highest BCUT2D eigenvalue weighted by atomic mass is 15.0. The summed E-state index contributed by atoms with van der Waals surface area (Å²) < 4.78 is 2.44. The quantitative estimate of drug-likeness (QED) is 0.752. The molecule has 0 unspecified atom stereocenters. The average Bonchev–Trinajstić information content (AvgIpc) is 2.55. The lowest BCUT2D eigenvalue weighted by molar-refractivity contribution is 0.621. The van der Waals surface area contributed by atoms with Crippen molar-refractivity contribution in [1.82, 2.24) is 4.57 Å². The molecule has 0 aliphatic carbocycles. The summed E-state index contributed by atoms with van der Waals surface area (Å²) in [4.78, 5) is 0. The van der Waals surface area contributed by atoms with Crippen LogP contribution < -0.4 is 5.73 Å². The molecule has 1 aliphatic rings. The molecule has 0 saturated carbocycles. The van der Waals surface area contributed by atoms with Gasteiger partial charge >= 0.3 is 0 Å². The first-order chi connectivity index (χ1) is 7.33. The van der Waals surface area contributed by atoms with Crippen molar-refractivity contribution < 1.29 is 0 Å². The van der Waals surface area contributed by atoms with E-state index >= 15 is 0 Å². The standard InChI is InChI=1S/C13H16N2/c1-9-12(8-14)11-6-2-4-10-5-3-7-15(9)13(10)11/h2,4,6H,3,5,7-8,14H2,1H3. The Morgan fingerprint density at radius 3 is 3.07 bits per heavy atom. The molecule has 0 radical (unpaired) electrons. The van der Waals surface area contributed by atoms with Gasteiger partial charge in [-0.3, -0.25) is 0 Å². The number of aryl methyl sites for hydroxylation is 2. The number of nitrogens with zero attached hydrogens (tertiary/aromatic N) is 1. The molecule has 2 N–H and O–H groups in total. The van der Waals surface area contributed by atoms with Crippen molar-refractivity contribution >= 4 is 10.9 Å². The summed E-state index contributed by atoms with van der Waals surface area (Å²) in [6, 6.07) is 6.61. The number of hydrogen-bond acceptors (Lipinski definition) is 1. The first-order valence-electron chi connectivity index (χ1n) is 5.62. The molecule has 0 amide bonds. The third-order valence-electron chi connectivity index (χ3n) is 3.59. The maximum Gasteiger partial charge on any atom is 0.0518 e. The Morgan fingerprint density at radius 1 is 1.40 bits per heavy atom. The number of para-hydroxylation sites is 1. The second-order valence-electron chi connectivity index (χ2n) is 4.34. The van der Waals surface area contributed by atoms with Crippen LogP contribution in [-0.2, 0) is 19.5 Å². The van der Waals surface area contributed by atoms with Crippen molar-refractivity contribution in [3.63, 3.8) is 0 Å². The molecule has 2 aromatic rings. The van der Waals surface area contributed by atoms with Crippen molar-refractivity contribution in [1.29, 1.82) is 0 Å². The first kappa shape index (κ1) is 8.98. The van der Waals surface area contributed by atoms with Gasteiger partial charge < -0.3 is 10.3 Å². The number of hydrogen-bond donors (Lipinski definition) is 1. The molecule has 0 spiro atoms. The fraction of sp³-hybridized carbons (Fsp3) is 0.385. The maximum absolute atomic E-state index is 5.84.